The zero-order valence-corrected chi connectivity index (χ0v) is 18.4. The highest BCUT2D eigenvalue weighted by molar-refractivity contribution is 7.28. The first-order valence-corrected chi connectivity index (χ1v) is 11.3. The number of nitriles is 1. The van der Waals surface area contributed by atoms with E-state index in [1.807, 2.05) is 30.3 Å². The number of hydrogen-bond donors (Lipinski definition) is 0. The van der Waals surface area contributed by atoms with Crippen LogP contribution in [0.15, 0.2) is 63.6 Å². The van der Waals surface area contributed by atoms with Gasteiger partial charge in [0.05, 0.1) is 4.70 Å². The first-order valence-electron chi connectivity index (χ1n) is 9.71. The molecule has 4 heterocycles. The topological polar surface area (TPSA) is 74.3 Å². The van der Waals surface area contributed by atoms with Gasteiger partial charge in [-0.3, -0.25) is 14.5 Å². The van der Waals surface area contributed by atoms with Gasteiger partial charge < -0.3 is 4.42 Å². The fourth-order valence-electron chi connectivity index (χ4n) is 3.71. The lowest BCUT2D eigenvalue weighted by atomic mass is 9.95. The molecule has 0 spiro atoms. The maximum absolute atomic E-state index is 12.8. The van der Waals surface area contributed by atoms with E-state index in [0.29, 0.717) is 16.9 Å². The van der Waals surface area contributed by atoms with E-state index in [-0.39, 0.29) is 12.1 Å². The number of thiophene rings is 2. The maximum Gasteiger partial charge on any atom is 0.271 e. The Morgan fingerprint density at radius 3 is 2.52 bits per heavy atom. The van der Waals surface area contributed by atoms with Gasteiger partial charge in [-0.05, 0) is 43.0 Å². The van der Waals surface area contributed by atoms with Gasteiger partial charge in [0.15, 0.2) is 0 Å². The van der Waals surface area contributed by atoms with Gasteiger partial charge in [0.25, 0.3) is 11.8 Å². The van der Waals surface area contributed by atoms with Crippen LogP contribution in [0.25, 0.3) is 36.2 Å². The molecular weight excluding hydrogens is 428 g/mol. The second kappa shape index (κ2) is 7.34. The molecule has 0 atom stereocenters. The minimum absolute atomic E-state index is 0.00637. The summed E-state index contributed by atoms with van der Waals surface area (Å²) in [5.41, 5.74) is 1.43. The van der Waals surface area contributed by atoms with Gasteiger partial charge in [-0.2, -0.15) is 5.26 Å². The van der Waals surface area contributed by atoms with E-state index in [0.717, 1.165) is 20.1 Å². The van der Waals surface area contributed by atoms with Crippen molar-refractivity contribution >= 4 is 60.9 Å². The van der Waals surface area contributed by atoms with E-state index in [9.17, 15) is 14.9 Å². The molecule has 7 heteroatoms. The monoisotopic (exact) mass is 444 g/mol. The average Bonchev–Trinajstić information content (AvgIpc) is 3.44. The highest BCUT2D eigenvalue weighted by atomic mass is 32.1. The summed E-state index contributed by atoms with van der Waals surface area (Å²) in [5.74, 6) is -0.428. The normalized spacial score (nSPS) is 16.2. The summed E-state index contributed by atoms with van der Waals surface area (Å²) in [5, 5.41) is 10.6. The fourth-order valence-corrected chi connectivity index (χ4v) is 5.87. The number of furan rings is 1. The van der Waals surface area contributed by atoms with Crippen LogP contribution in [0.1, 0.15) is 19.6 Å². The van der Waals surface area contributed by atoms with Gasteiger partial charge in [0.1, 0.15) is 23.0 Å². The van der Waals surface area contributed by atoms with Crippen LogP contribution in [0.4, 0.5) is 0 Å². The molecule has 31 heavy (non-hydrogen) atoms. The van der Waals surface area contributed by atoms with E-state index in [1.165, 1.54) is 15.0 Å². The molecule has 0 N–H and O–H groups in total. The van der Waals surface area contributed by atoms with Crippen molar-refractivity contribution in [2.75, 3.05) is 6.54 Å². The third-order valence-electron chi connectivity index (χ3n) is 5.32. The molecule has 1 aliphatic heterocycles. The first-order chi connectivity index (χ1) is 15.0. The first kappa shape index (κ1) is 19.5. The molecule has 0 fully saturated rings. The van der Waals surface area contributed by atoms with Gasteiger partial charge >= 0.3 is 0 Å². The number of imide groups is 1. The Bertz CT molecular complexity index is 1430. The summed E-state index contributed by atoms with van der Waals surface area (Å²) in [6.07, 6.45) is 1.62. The third-order valence-corrected chi connectivity index (χ3v) is 7.70. The highest BCUT2D eigenvalue weighted by Crippen LogP contribution is 2.41. The molecule has 2 amide bonds. The van der Waals surface area contributed by atoms with Crippen LogP contribution in [0, 0.1) is 11.3 Å². The number of fused-ring (bicyclic) bond motifs is 2. The minimum atomic E-state index is -0.543. The second-order valence-electron chi connectivity index (χ2n) is 7.16. The molecule has 0 saturated carbocycles. The summed E-state index contributed by atoms with van der Waals surface area (Å²) < 4.78 is 8.21. The summed E-state index contributed by atoms with van der Waals surface area (Å²) in [7, 11) is 0. The van der Waals surface area contributed by atoms with E-state index in [4.69, 9.17) is 4.42 Å². The SMILES string of the molecule is CCN1C(=O)C(C#N)=C(C)/C(=C/c2cc3sc(-c4cc5ccccc5s4)cc3o2)C1=O. The van der Waals surface area contributed by atoms with Crippen molar-refractivity contribution in [3.63, 3.8) is 0 Å². The van der Waals surface area contributed by atoms with Crippen molar-refractivity contribution in [2.24, 2.45) is 0 Å². The molecule has 5 rings (SSSR count). The van der Waals surface area contributed by atoms with Gasteiger partial charge in [-0.15, -0.1) is 22.7 Å². The molecule has 0 bridgehead atoms. The summed E-state index contributed by atoms with van der Waals surface area (Å²) in [6, 6.07) is 16.3. The average molecular weight is 445 g/mol. The van der Waals surface area contributed by atoms with Crippen molar-refractivity contribution in [1.82, 2.24) is 4.90 Å². The second-order valence-corrected chi connectivity index (χ2v) is 9.33. The lowest BCUT2D eigenvalue weighted by Gasteiger charge is -2.25. The van der Waals surface area contributed by atoms with E-state index >= 15 is 0 Å². The van der Waals surface area contributed by atoms with Crippen LogP contribution < -0.4 is 0 Å². The van der Waals surface area contributed by atoms with E-state index in [1.54, 1.807) is 42.6 Å². The van der Waals surface area contributed by atoms with E-state index in [2.05, 4.69) is 18.2 Å². The molecule has 1 aliphatic rings. The van der Waals surface area contributed by atoms with Gasteiger partial charge in [-0.25, -0.2) is 0 Å². The number of carbonyl (C=O) groups is 2. The number of benzene rings is 1. The molecule has 5 nitrogen and oxygen atoms in total. The van der Waals surface area contributed by atoms with Gasteiger partial charge in [0.2, 0.25) is 0 Å². The predicted molar refractivity (Wildman–Crippen MR) is 124 cm³/mol. The van der Waals surface area contributed by atoms with Gasteiger partial charge in [-0.1, -0.05) is 18.2 Å². The maximum atomic E-state index is 12.8. The van der Waals surface area contributed by atoms with Crippen molar-refractivity contribution in [3.8, 4) is 15.8 Å². The molecule has 0 aliphatic carbocycles. The Kier molecular flexibility index (Phi) is 4.62. The summed E-state index contributed by atoms with van der Waals surface area (Å²) in [4.78, 5) is 28.5. The van der Waals surface area contributed by atoms with Crippen LogP contribution in [0.3, 0.4) is 0 Å². The predicted octanol–water partition coefficient (Wildman–Crippen LogP) is 5.99. The molecule has 0 unspecified atom stereocenters. The van der Waals surface area contributed by atoms with Crippen LogP contribution in [-0.4, -0.2) is 23.3 Å². The lowest BCUT2D eigenvalue weighted by Crippen LogP contribution is -2.42. The van der Waals surface area contributed by atoms with Crippen molar-refractivity contribution < 1.29 is 14.0 Å². The number of rotatable bonds is 3. The van der Waals surface area contributed by atoms with Crippen molar-refractivity contribution in [1.29, 1.82) is 5.26 Å². The van der Waals surface area contributed by atoms with Crippen LogP contribution in [-0.2, 0) is 9.59 Å². The Morgan fingerprint density at radius 1 is 1.06 bits per heavy atom. The summed E-state index contributed by atoms with van der Waals surface area (Å²) >= 11 is 3.38. The lowest BCUT2D eigenvalue weighted by molar-refractivity contribution is -0.140. The van der Waals surface area contributed by atoms with Crippen LogP contribution in [0.2, 0.25) is 0 Å². The minimum Gasteiger partial charge on any atom is -0.456 e. The molecule has 3 aromatic heterocycles. The van der Waals surface area contributed by atoms with Crippen LogP contribution in [0.5, 0.6) is 0 Å². The Labute approximate surface area is 186 Å². The molecule has 4 aromatic rings. The zero-order chi connectivity index (χ0) is 21.7. The standard InChI is InChI=1S/C24H16N2O3S2/c1-3-26-23(27)16(13(2)17(12-25)24(26)28)9-15-10-20-18(29-15)11-22(31-20)21-8-14-6-4-5-7-19(14)30-21/h4-11H,3H2,1-2H3/b16-9-. The number of nitrogens with zero attached hydrogens (tertiary/aromatic N) is 2. The van der Waals surface area contributed by atoms with E-state index < -0.39 is 11.8 Å². The van der Waals surface area contributed by atoms with Crippen molar-refractivity contribution in [3.05, 3.63) is 64.9 Å². The molecule has 0 saturated heterocycles. The zero-order valence-electron chi connectivity index (χ0n) is 16.8. The van der Waals surface area contributed by atoms with Crippen LogP contribution >= 0.6 is 22.7 Å². The van der Waals surface area contributed by atoms with Crippen molar-refractivity contribution in [2.45, 2.75) is 13.8 Å². The Balaban J connectivity index is 1.54. The molecule has 152 valence electrons. The summed E-state index contributed by atoms with van der Waals surface area (Å²) in [6.45, 7) is 3.54. The third kappa shape index (κ3) is 3.12. The quantitative estimate of drug-likeness (QED) is 0.287. The Hall–Kier alpha value is -3.47. The number of hydrogen-bond acceptors (Lipinski definition) is 6. The molecule has 0 radical (unpaired) electrons. The number of likely N-dealkylation sites (N-methyl/N-ethyl adjacent to an activating group) is 1. The largest absolute Gasteiger partial charge is 0.456 e. The number of carbonyl (C=O) groups excluding carboxylic acids is 2. The molecule has 1 aromatic carbocycles. The smallest absolute Gasteiger partial charge is 0.271 e. The number of amides is 2. The highest BCUT2D eigenvalue weighted by Gasteiger charge is 2.34. The fraction of sp³-hybridized carbons (Fsp3) is 0.125. The van der Waals surface area contributed by atoms with Gasteiger partial charge in [0, 0.05) is 38.7 Å². The molecular formula is C24H16N2O3S2. The Morgan fingerprint density at radius 2 is 1.81 bits per heavy atom.